The predicted molar refractivity (Wildman–Crippen MR) is 86.9 cm³/mol. The first-order chi connectivity index (χ1) is 9.10. The van der Waals surface area contributed by atoms with Gasteiger partial charge in [-0.1, -0.05) is 22.0 Å². The summed E-state index contributed by atoms with van der Waals surface area (Å²) in [5, 5.41) is 3.44. The molecule has 0 spiro atoms. The zero-order valence-electron chi connectivity index (χ0n) is 10.8. The largest absolute Gasteiger partial charge is 0.496 e. The van der Waals surface area contributed by atoms with Crippen LogP contribution in [0.25, 0.3) is 0 Å². The van der Waals surface area contributed by atoms with Gasteiger partial charge in [-0.2, -0.15) is 0 Å². The van der Waals surface area contributed by atoms with Gasteiger partial charge >= 0.3 is 0 Å². The first kappa shape index (κ1) is 14.4. The zero-order valence-corrected chi connectivity index (χ0v) is 14.0. The zero-order chi connectivity index (χ0) is 13.8. The molecule has 0 unspecified atom stereocenters. The summed E-state index contributed by atoms with van der Waals surface area (Å²) in [6, 6.07) is 12.3. The Hall–Kier alpha value is -1.000. The van der Waals surface area contributed by atoms with Crippen LogP contribution in [-0.4, -0.2) is 7.11 Å². The number of methoxy groups -OCH3 is 1. The highest BCUT2D eigenvalue weighted by molar-refractivity contribution is 9.10. The number of anilines is 1. The van der Waals surface area contributed by atoms with Crippen LogP contribution in [0.5, 0.6) is 5.75 Å². The van der Waals surface area contributed by atoms with E-state index in [4.69, 9.17) is 4.74 Å². The third-order valence-electron chi connectivity index (χ3n) is 2.89. The molecule has 1 N–H and O–H groups in total. The highest BCUT2D eigenvalue weighted by atomic mass is 79.9. The Labute approximate surface area is 130 Å². The summed E-state index contributed by atoms with van der Waals surface area (Å²) in [5.41, 5.74) is 3.58. The number of benzene rings is 2. The van der Waals surface area contributed by atoms with Crippen LogP contribution in [-0.2, 0) is 6.54 Å². The lowest BCUT2D eigenvalue weighted by Gasteiger charge is -2.11. The van der Waals surface area contributed by atoms with E-state index in [1.807, 2.05) is 12.1 Å². The molecule has 0 bridgehead atoms. The fourth-order valence-electron chi connectivity index (χ4n) is 1.84. The standard InChI is InChI=1S/C15H15Br2NO/c1-10-7-12(16)4-5-14(10)18-9-11-3-6-15(19-2)13(17)8-11/h3-8,18H,9H2,1-2H3. The second kappa shape index (κ2) is 6.44. The molecule has 0 radical (unpaired) electrons. The van der Waals surface area contributed by atoms with Gasteiger partial charge in [-0.25, -0.2) is 0 Å². The molecule has 0 aliphatic carbocycles. The van der Waals surface area contributed by atoms with Gasteiger partial charge in [0.1, 0.15) is 5.75 Å². The van der Waals surface area contributed by atoms with Gasteiger partial charge in [0, 0.05) is 16.7 Å². The van der Waals surface area contributed by atoms with Crippen molar-refractivity contribution in [2.75, 3.05) is 12.4 Å². The van der Waals surface area contributed by atoms with Gasteiger partial charge in [0.2, 0.25) is 0 Å². The lowest BCUT2D eigenvalue weighted by atomic mass is 10.1. The van der Waals surface area contributed by atoms with Gasteiger partial charge in [-0.3, -0.25) is 0 Å². The summed E-state index contributed by atoms with van der Waals surface area (Å²) in [7, 11) is 1.67. The number of nitrogens with one attached hydrogen (secondary N) is 1. The number of hydrogen-bond donors (Lipinski definition) is 1. The molecule has 2 aromatic rings. The second-order valence-corrected chi connectivity index (χ2v) is 6.05. The van der Waals surface area contributed by atoms with Gasteiger partial charge in [0.25, 0.3) is 0 Å². The summed E-state index contributed by atoms with van der Waals surface area (Å²) < 4.78 is 7.30. The Balaban J connectivity index is 2.08. The van der Waals surface area contributed by atoms with E-state index >= 15 is 0 Å². The average Bonchev–Trinajstić information content (AvgIpc) is 2.38. The number of aryl methyl sites for hydroxylation is 1. The van der Waals surface area contributed by atoms with Crippen molar-refractivity contribution in [2.24, 2.45) is 0 Å². The Morgan fingerprint density at radius 2 is 1.89 bits per heavy atom. The van der Waals surface area contributed by atoms with Crippen LogP contribution in [0.4, 0.5) is 5.69 Å². The Bertz CT molecular complexity index is 584. The Morgan fingerprint density at radius 1 is 1.11 bits per heavy atom. The molecule has 0 aliphatic rings. The second-order valence-electron chi connectivity index (χ2n) is 4.28. The summed E-state index contributed by atoms with van der Waals surface area (Å²) in [6.07, 6.45) is 0. The molecule has 2 nitrogen and oxygen atoms in total. The molecule has 0 saturated carbocycles. The number of halogens is 2. The monoisotopic (exact) mass is 383 g/mol. The topological polar surface area (TPSA) is 21.3 Å². The molecule has 0 atom stereocenters. The molecule has 19 heavy (non-hydrogen) atoms. The molecule has 4 heteroatoms. The average molecular weight is 385 g/mol. The third kappa shape index (κ3) is 3.74. The van der Waals surface area contributed by atoms with Crippen molar-refractivity contribution in [1.29, 1.82) is 0 Å². The van der Waals surface area contributed by atoms with Crippen LogP contribution < -0.4 is 10.1 Å². The fourth-order valence-corrected chi connectivity index (χ4v) is 2.91. The van der Waals surface area contributed by atoms with E-state index in [1.165, 1.54) is 11.1 Å². The van der Waals surface area contributed by atoms with E-state index in [2.05, 4.69) is 68.4 Å². The fraction of sp³-hybridized carbons (Fsp3) is 0.200. The van der Waals surface area contributed by atoms with Crippen molar-refractivity contribution in [3.8, 4) is 5.75 Å². The highest BCUT2D eigenvalue weighted by Gasteiger charge is 2.03. The summed E-state index contributed by atoms with van der Waals surface area (Å²) in [5.74, 6) is 0.851. The SMILES string of the molecule is COc1ccc(CNc2ccc(Br)cc2C)cc1Br. The Kier molecular flexibility index (Phi) is 4.88. The first-order valence-corrected chi connectivity index (χ1v) is 7.51. The summed E-state index contributed by atoms with van der Waals surface area (Å²) >= 11 is 6.97. The van der Waals surface area contributed by atoms with Crippen molar-refractivity contribution in [1.82, 2.24) is 0 Å². The van der Waals surface area contributed by atoms with Gasteiger partial charge < -0.3 is 10.1 Å². The maximum absolute atomic E-state index is 5.22. The molecule has 100 valence electrons. The van der Waals surface area contributed by atoms with E-state index in [-0.39, 0.29) is 0 Å². The maximum atomic E-state index is 5.22. The van der Waals surface area contributed by atoms with Crippen molar-refractivity contribution in [3.63, 3.8) is 0 Å². The molecule has 0 aliphatic heterocycles. The first-order valence-electron chi connectivity index (χ1n) is 5.92. The van der Waals surface area contributed by atoms with E-state index in [9.17, 15) is 0 Å². The van der Waals surface area contributed by atoms with E-state index < -0.39 is 0 Å². The van der Waals surface area contributed by atoms with Crippen LogP contribution in [0.2, 0.25) is 0 Å². The molecule has 0 amide bonds. The van der Waals surface area contributed by atoms with Gasteiger partial charge in [-0.05, 0) is 64.3 Å². The van der Waals surface area contributed by atoms with Crippen molar-refractivity contribution >= 4 is 37.5 Å². The van der Waals surface area contributed by atoms with Gasteiger partial charge in [0.15, 0.2) is 0 Å². The molecule has 0 heterocycles. The highest BCUT2D eigenvalue weighted by Crippen LogP contribution is 2.26. The molecule has 0 aromatic heterocycles. The molecular weight excluding hydrogens is 370 g/mol. The summed E-state index contributed by atoms with van der Waals surface area (Å²) in [6.45, 7) is 2.88. The van der Waals surface area contributed by atoms with E-state index in [0.29, 0.717) is 0 Å². The molecule has 2 aromatic carbocycles. The van der Waals surface area contributed by atoms with E-state index in [0.717, 1.165) is 26.9 Å². The van der Waals surface area contributed by atoms with Crippen molar-refractivity contribution in [3.05, 3.63) is 56.5 Å². The molecule has 0 fully saturated rings. The quantitative estimate of drug-likeness (QED) is 0.787. The number of rotatable bonds is 4. The van der Waals surface area contributed by atoms with Crippen LogP contribution in [0.15, 0.2) is 45.3 Å². The van der Waals surface area contributed by atoms with Crippen LogP contribution in [0.1, 0.15) is 11.1 Å². The lowest BCUT2D eigenvalue weighted by Crippen LogP contribution is -2.01. The van der Waals surface area contributed by atoms with Gasteiger partial charge in [0.05, 0.1) is 11.6 Å². The molecule has 2 rings (SSSR count). The molecular formula is C15H15Br2NO. The predicted octanol–water partition coefficient (Wildman–Crippen LogP) is 5.14. The van der Waals surface area contributed by atoms with Crippen LogP contribution in [0.3, 0.4) is 0 Å². The minimum Gasteiger partial charge on any atom is -0.496 e. The third-order valence-corrected chi connectivity index (χ3v) is 4.00. The maximum Gasteiger partial charge on any atom is 0.133 e. The minimum absolute atomic E-state index is 0.783. The van der Waals surface area contributed by atoms with Crippen LogP contribution in [0, 0.1) is 6.92 Å². The lowest BCUT2D eigenvalue weighted by molar-refractivity contribution is 0.412. The van der Waals surface area contributed by atoms with Crippen molar-refractivity contribution in [2.45, 2.75) is 13.5 Å². The molecule has 0 saturated heterocycles. The minimum atomic E-state index is 0.783. The van der Waals surface area contributed by atoms with Crippen LogP contribution >= 0.6 is 31.9 Å². The number of ether oxygens (including phenoxy) is 1. The number of hydrogen-bond acceptors (Lipinski definition) is 2. The summed E-state index contributed by atoms with van der Waals surface area (Å²) in [4.78, 5) is 0. The Morgan fingerprint density at radius 3 is 2.53 bits per heavy atom. The smallest absolute Gasteiger partial charge is 0.133 e. The van der Waals surface area contributed by atoms with Gasteiger partial charge in [-0.15, -0.1) is 0 Å². The normalized spacial score (nSPS) is 10.3. The van der Waals surface area contributed by atoms with Crippen molar-refractivity contribution < 1.29 is 4.74 Å². The van der Waals surface area contributed by atoms with E-state index in [1.54, 1.807) is 7.11 Å².